The number of amides is 1. The molecule has 0 radical (unpaired) electrons. The highest BCUT2D eigenvalue weighted by molar-refractivity contribution is 6.30. The Bertz CT molecular complexity index is 1210. The molecule has 0 saturated heterocycles. The Labute approximate surface area is 178 Å². The topological polar surface area (TPSA) is 84.1 Å². The van der Waals surface area contributed by atoms with Crippen molar-refractivity contribution in [3.05, 3.63) is 81.1 Å². The molecule has 6 nitrogen and oxygen atoms in total. The van der Waals surface area contributed by atoms with Gasteiger partial charge >= 0.3 is 6.09 Å². The number of fused-ring (bicyclic) bond motifs is 3. The third kappa shape index (κ3) is 3.80. The van der Waals surface area contributed by atoms with E-state index in [4.69, 9.17) is 21.6 Å². The summed E-state index contributed by atoms with van der Waals surface area (Å²) < 4.78 is 7.05. The summed E-state index contributed by atoms with van der Waals surface area (Å²) in [5.74, 6) is 0. The Morgan fingerprint density at radius 1 is 1.17 bits per heavy atom. The molecular weight excluding hydrogens is 402 g/mol. The molecule has 1 N–H and O–H groups in total. The minimum atomic E-state index is -0.690. The number of ether oxygens (including phenoxy) is 1. The lowest BCUT2D eigenvalue weighted by atomic mass is 9.92. The van der Waals surface area contributed by atoms with Gasteiger partial charge in [0, 0.05) is 28.3 Å². The normalized spacial score (nSPS) is 11.7. The molecular formula is C23H18ClN3O3. The first-order valence-corrected chi connectivity index (χ1v) is 9.85. The molecule has 0 aliphatic carbocycles. The molecule has 0 bridgehead atoms. The number of aryl methyl sites for hydroxylation is 1. The van der Waals surface area contributed by atoms with Gasteiger partial charge in [-0.1, -0.05) is 48.0 Å². The number of carbonyl (C=O) groups excluding carboxylic acids is 1. The molecule has 4 rings (SSSR count). The highest BCUT2D eigenvalue weighted by atomic mass is 35.5. The van der Waals surface area contributed by atoms with Gasteiger partial charge in [0.05, 0.1) is 11.8 Å². The summed E-state index contributed by atoms with van der Waals surface area (Å²) in [6.07, 6.45) is 0.0190. The number of pyridine rings is 1. The average molecular weight is 420 g/mol. The monoisotopic (exact) mass is 419 g/mol. The largest absolute Gasteiger partial charge is 0.445 e. The van der Waals surface area contributed by atoms with Crippen LogP contribution in [0.2, 0.25) is 5.02 Å². The number of alkyl carbamates (subject to hydrolysis) is 1. The number of halogens is 1. The third-order valence-electron chi connectivity index (χ3n) is 5.06. The quantitative estimate of drug-likeness (QED) is 0.644. The zero-order valence-electron chi connectivity index (χ0n) is 16.0. The van der Waals surface area contributed by atoms with Crippen LogP contribution in [0.3, 0.4) is 0 Å². The summed E-state index contributed by atoms with van der Waals surface area (Å²) in [6, 6.07) is 18.6. The fourth-order valence-corrected chi connectivity index (χ4v) is 3.89. The molecule has 0 spiro atoms. The second-order valence-corrected chi connectivity index (χ2v) is 7.33. The van der Waals surface area contributed by atoms with E-state index in [9.17, 15) is 9.59 Å². The van der Waals surface area contributed by atoms with Crippen LogP contribution in [0.15, 0.2) is 59.4 Å². The number of aromatic nitrogens is 1. The second-order valence-electron chi connectivity index (χ2n) is 6.89. The maximum Gasteiger partial charge on any atom is 0.408 e. The van der Waals surface area contributed by atoms with Gasteiger partial charge in [-0.05, 0) is 35.7 Å². The van der Waals surface area contributed by atoms with Gasteiger partial charge < -0.3 is 14.6 Å². The number of nitrogens with zero attached hydrogens (tertiary/aromatic N) is 2. The standard InChI is InChI=1S/C23H18ClN3O3/c24-18-7-6-16-8-11-27-21(19(16)13-18)17(14-30-23(29)26-10-9-25)12-20(22(27)28)15-4-2-1-3-5-15/h1-7,12-13H,8,10-11,14H2,(H,26,29). The molecule has 1 aromatic heterocycles. The Balaban J connectivity index is 1.85. The zero-order chi connectivity index (χ0) is 21.1. The number of rotatable bonds is 4. The Kier molecular flexibility index (Phi) is 5.55. The summed E-state index contributed by atoms with van der Waals surface area (Å²) in [7, 11) is 0. The van der Waals surface area contributed by atoms with E-state index < -0.39 is 6.09 Å². The number of carbonyl (C=O) groups is 1. The van der Waals surface area contributed by atoms with Crippen LogP contribution in [0.25, 0.3) is 22.4 Å². The van der Waals surface area contributed by atoms with Crippen molar-refractivity contribution in [2.45, 2.75) is 19.6 Å². The van der Waals surface area contributed by atoms with Crippen LogP contribution >= 0.6 is 11.6 Å². The van der Waals surface area contributed by atoms with E-state index in [1.54, 1.807) is 10.6 Å². The molecule has 1 aliphatic rings. The lowest BCUT2D eigenvalue weighted by molar-refractivity contribution is 0.141. The van der Waals surface area contributed by atoms with Gasteiger partial charge in [-0.15, -0.1) is 0 Å². The van der Waals surface area contributed by atoms with Crippen molar-refractivity contribution < 1.29 is 9.53 Å². The molecule has 2 aromatic carbocycles. The predicted molar refractivity (Wildman–Crippen MR) is 114 cm³/mol. The van der Waals surface area contributed by atoms with Gasteiger partial charge in [-0.25, -0.2) is 4.79 Å². The Hall–Kier alpha value is -3.56. The van der Waals surface area contributed by atoms with Crippen LogP contribution in [-0.2, 0) is 24.3 Å². The fourth-order valence-electron chi connectivity index (χ4n) is 3.72. The van der Waals surface area contributed by atoms with Gasteiger partial charge in [0.15, 0.2) is 0 Å². The number of nitriles is 1. The summed E-state index contributed by atoms with van der Waals surface area (Å²) in [6.45, 7) is 0.342. The van der Waals surface area contributed by atoms with Crippen molar-refractivity contribution in [1.29, 1.82) is 5.26 Å². The molecule has 0 unspecified atom stereocenters. The van der Waals surface area contributed by atoms with Crippen LogP contribution in [0.5, 0.6) is 0 Å². The van der Waals surface area contributed by atoms with Crippen molar-refractivity contribution in [2.75, 3.05) is 6.54 Å². The SMILES string of the molecule is N#CCNC(=O)OCc1cc(-c2ccccc2)c(=O)n2c1-c1cc(Cl)ccc1CC2. The average Bonchev–Trinajstić information content (AvgIpc) is 2.77. The van der Waals surface area contributed by atoms with E-state index in [-0.39, 0.29) is 18.7 Å². The molecule has 3 aromatic rings. The van der Waals surface area contributed by atoms with Gasteiger partial charge in [0.2, 0.25) is 0 Å². The highest BCUT2D eigenvalue weighted by Gasteiger charge is 2.24. The molecule has 0 saturated carbocycles. The number of hydrogen-bond donors (Lipinski definition) is 1. The maximum atomic E-state index is 13.3. The highest BCUT2D eigenvalue weighted by Crippen LogP contribution is 2.35. The fraction of sp³-hybridized carbons (Fsp3) is 0.174. The Morgan fingerprint density at radius 3 is 2.73 bits per heavy atom. The first-order valence-electron chi connectivity index (χ1n) is 9.47. The number of hydrogen-bond acceptors (Lipinski definition) is 4. The molecule has 1 amide bonds. The lowest BCUT2D eigenvalue weighted by Crippen LogP contribution is -2.29. The third-order valence-corrected chi connectivity index (χ3v) is 5.29. The number of nitrogens with one attached hydrogen (secondary N) is 1. The van der Waals surface area contributed by atoms with Crippen LogP contribution in [0.1, 0.15) is 11.1 Å². The van der Waals surface area contributed by atoms with Gasteiger partial charge in [0.25, 0.3) is 5.56 Å². The molecule has 7 heteroatoms. The first-order chi connectivity index (χ1) is 14.6. The van der Waals surface area contributed by atoms with Crippen molar-refractivity contribution in [3.63, 3.8) is 0 Å². The van der Waals surface area contributed by atoms with Crippen molar-refractivity contribution in [1.82, 2.24) is 9.88 Å². The summed E-state index contributed by atoms with van der Waals surface area (Å²) in [5, 5.41) is 11.5. The van der Waals surface area contributed by atoms with E-state index in [0.29, 0.717) is 34.8 Å². The van der Waals surface area contributed by atoms with Crippen molar-refractivity contribution >= 4 is 17.7 Å². The van der Waals surface area contributed by atoms with E-state index in [1.807, 2.05) is 54.6 Å². The van der Waals surface area contributed by atoms with Gasteiger partial charge in [-0.3, -0.25) is 4.79 Å². The minimum absolute atomic E-state index is 0.0430. The number of benzene rings is 2. The first kappa shape index (κ1) is 19.7. The lowest BCUT2D eigenvalue weighted by Gasteiger charge is -2.25. The van der Waals surface area contributed by atoms with Crippen molar-refractivity contribution in [2.24, 2.45) is 0 Å². The molecule has 150 valence electrons. The van der Waals surface area contributed by atoms with E-state index in [0.717, 1.165) is 16.7 Å². The summed E-state index contributed by atoms with van der Waals surface area (Å²) in [5.41, 5.74) is 4.59. The van der Waals surface area contributed by atoms with Crippen LogP contribution in [0.4, 0.5) is 4.79 Å². The van der Waals surface area contributed by atoms with Crippen LogP contribution in [0, 0.1) is 11.3 Å². The van der Waals surface area contributed by atoms with Crippen molar-refractivity contribution in [3.8, 4) is 28.5 Å². The molecule has 0 fully saturated rings. The maximum absolute atomic E-state index is 13.3. The Morgan fingerprint density at radius 2 is 1.97 bits per heavy atom. The predicted octanol–water partition coefficient (Wildman–Crippen LogP) is 4.14. The van der Waals surface area contributed by atoms with Gasteiger partial charge in [-0.2, -0.15) is 5.26 Å². The van der Waals surface area contributed by atoms with Gasteiger partial charge in [0.1, 0.15) is 13.2 Å². The molecule has 2 heterocycles. The minimum Gasteiger partial charge on any atom is -0.445 e. The van der Waals surface area contributed by atoms with Crippen LogP contribution in [-0.4, -0.2) is 17.2 Å². The summed E-state index contributed by atoms with van der Waals surface area (Å²) >= 11 is 6.23. The molecule has 0 atom stereocenters. The van der Waals surface area contributed by atoms with Crippen LogP contribution < -0.4 is 10.9 Å². The smallest absolute Gasteiger partial charge is 0.408 e. The summed E-state index contributed by atoms with van der Waals surface area (Å²) in [4.78, 5) is 25.2. The molecule has 1 aliphatic heterocycles. The zero-order valence-corrected chi connectivity index (χ0v) is 16.8. The van der Waals surface area contributed by atoms with E-state index in [1.165, 1.54) is 0 Å². The molecule has 30 heavy (non-hydrogen) atoms. The second kappa shape index (κ2) is 8.44. The van der Waals surface area contributed by atoms with E-state index in [2.05, 4.69) is 5.32 Å². The van der Waals surface area contributed by atoms with E-state index >= 15 is 0 Å².